The van der Waals surface area contributed by atoms with E-state index < -0.39 is 9.84 Å². The number of hydrogen-bond acceptors (Lipinski definition) is 6. The average molecular weight is 455 g/mol. The number of fused-ring (bicyclic) bond motifs is 1. The first kappa shape index (κ1) is 22.1. The Balaban J connectivity index is 1.58. The highest BCUT2D eigenvalue weighted by Crippen LogP contribution is 2.33. The van der Waals surface area contributed by atoms with Crippen molar-refractivity contribution < 1.29 is 22.5 Å². The van der Waals surface area contributed by atoms with Crippen LogP contribution in [0.5, 0.6) is 5.75 Å². The fourth-order valence-electron chi connectivity index (χ4n) is 4.00. The molecule has 3 aromatic rings. The van der Waals surface area contributed by atoms with Gasteiger partial charge < -0.3 is 14.2 Å². The van der Waals surface area contributed by atoms with E-state index in [1.807, 2.05) is 38.1 Å². The van der Waals surface area contributed by atoms with Gasteiger partial charge in [-0.3, -0.25) is 4.79 Å². The molecule has 7 nitrogen and oxygen atoms in total. The van der Waals surface area contributed by atoms with Gasteiger partial charge in [-0.05, 0) is 56.5 Å². The van der Waals surface area contributed by atoms with Crippen LogP contribution in [0, 0.1) is 13.8 Å². The molecule has 2 heterocycles. The highest BCUT2D eigenvalue weighted by molar-refractivity contribution is 7.91. The van der Waals surface area contributed by atoms with Gasteiger partial charge in [-0.25, -0.2) is 8.42 Å². The molecule has 1 aliphatic rings. The standard InChI is InChI=1S/C24H26N2O5S/c1-16-17(2)25-31-24(16)19-10-11-21(30-3)22(15-19)32(28,29)14-12-23(27)26-13-6-8-18-7-4-5-9-20(18)26/h4-5,7,9-11,15H,6,8,12-14H2,1-3H3. The lowest BCUT2D eigenvalue weighted by molar-refractivity contribution is -0.118. The van der Waals surface area contributed by atoms with Crippen LogP contribution in [0.1, 0.15) is 29.7 Å². The number of sulfone groups is 1. The molecule has 1 aliphatic heterocycles. The molecule has 0 unspecified atom stereocenters. The summed E-state index contributed by atoms with van der Waals surface area (Å²) < 4.78 is 37.1. The zero-order valence-electron chi connectivity index (χ0n) is 18.4. The van der Waals surface area contributed by atoms with E-state index in [4.69, 9.17) is 9.26 Å². The van der Waals surface area contributed by atoms with Gasteiger partial charge in [-0.1, -0.05) is 23.4 Å². The Labute approximate surface area is 187 Å². The molecule has 0 fully saturated rings. The van der Waals surface area contributed by atoms with Gasteiger partial charge in [-0.15, -0.1) is 0 Å². The van der Waals surface area contributed by atoms with E-state index in [2.05, 4.69) is 5.16 Å². The third kappa shape index (κ3) is 4.14. The summed E-state index contributed by atoms with van der Waals surface area (Å²) in [4.78, 5) is 14.7. The van der Waals surface area contributed by atoms with E-state index in [1.54, 1.807) is 17.0 Å². The molecule has 168 valence electrons. The van der Waals surface area contributed by atoms with Crippen molar-refractivity contribution in [3.63, 3.8) is 0 Å². The highest BCUT2D eigenvalue weighted by atomic mass is 32.2. The minimum atomic E-state index is -3.79. The number of para-hydroxylation sites is 1. The van der Waals surface area contributed by atoms with Crippen molar-refractivity contribution in [1.82, 2.24) is 5.16 Å². The van der Waals surface area contributed by atoms with Crippen molar-refractivity contribution >= 4 is 21.4 Å². The minimum absolute atomic E-state index is 0.0396. The number of aryl methyl sites for hydroxylation is 2. The van der Waals surface area contributed by atoms with E-state index in [9.17, 15) is 13.2 Å². The van der Waals surface area contributed by atoms with E-state index in [-0.39, 0.29) is 28.7 Å². The van der Waals surface area contributed by atoms with E-state index in [0.717, 1.165) is 35.3 Å². The molecule has 4 rings (SSSR count). The molecule has 0 saturated heterocycles. The predicted molar refractivity (Wildman–Crippen MR) is 122 cm³/mol. The molecule has 1 amide bonds. The Morgan fingerprint density at radius 1 is 1.19 bits per heavy atom. The molecule has 0 saturated carbocycles. The number of benzene rings is 2. The molecule has 2 aromatic carbocycles. The van der Waals surface area contributed by atoms with Gasteiger partial charge in [0.1, 0.15) is 10.6 Å². The lowest BCUT2D eigenvalue weighted by Gasteiger charge is -2.29. The van der Waals surface area contributed by atoms with Gasteiger partial charge in [-0.2, -0.15) is 0 Å². The zero-order chi connectivity index (χ0) is 22.9. The summed E-state index contributed by atoms with van der Waals surface area (Å²) in [7, 11) is -2.36. The van der Waals surface area contributed by atoms with Crippen LogP contribution < -0.4 is 9.64 Å². The van der Waals surface area contributed by atoms with Crippen LogP contribution in [0.2, 0.25) is 0 Å². The summed E-state index contributed by atoms with van der Waals surface area (Å²) in [5.74, 6) is 0.247. The highest BCUT2D eigenvalue weighted by Gasteiger charge is 2.27. The van der Waals surface area contributed by atoms with E-state index >= 15 is 0 Å². The second-order valence-corrected chi connectivity index (χ2v) is 10.0. The monoisotopic (exact) mass is 454 g/mol. The van der Waals surface area contributed by atoms with E-state index in [1.165, 1.54) is 13.2 Å². The average Bonchev–Trinajstić information content (AvgIpc) is 3.14. The molecular weight excluding hydrogens is 428 g/mol. The number of ether oxygens (including phenoxy) is 1. The molecule has 32 heavy (non-hydrogen) atoms. The second kappa shape index (κ2) is 8.78. The number of carbonyl (C=O) groups is 1. The van der Waals surface area contributed by atoms with Crippen LogP contribution in [0.25, 0.3) is 11.3 Å². The van der Waals surface area contributed by atoms with Crippen molar-refractivity contribution in [2.24, 2.45) is 0 Å². The maximum atomic E-state index is 13.2. The van der Waals surface area contributed by atoms with Gasteiger partial charge in [0.15, 0.2) is 15.6 Å². The van der Waals surface area contributed by atoms with Crippen LogP contribution in [0.3, 0.4) is 0 Å². The largest absolute Gasteiger partial charge is 0.495 e. The molecule has 1 aromatic heterocycles. The summed E-state index contributed by atoms with van der Waals surface area (Å²) in [5.41, 5.74) is 4.17. The van der Waals surface area contributed by atoms with E-state index in [0.29, 0.717) is 17.9 Å². The fourth-order valence-corrected chi connectivity index (χ4v) is 5.43. The maximum Gasteiger partial charge on any atom is 0.228 e. The van der Waals surface area contributed by atoms with Gasteiger partial charge >= 0.3 is 0 Å². The first-order chi connectivity index (χ1) is 15.3. The van der Waals surface area contributed by atoms with Gasteiger partial charge in [0.25, 0.3) is 0 Å². The Bertz CT molecular complexity index is 1260. The van der Waals surface area contributed by atoms with Crippen molar-refractivity contribution in [1.29, 1.82) is 0 Å². The summed E-state index contributed by atoms with van der Waals surface area (Å²) in [6.45, 7) is 4.29. The topological polar surface area (TPSA) is 89.7 Å². The summed E-state index contributed by atoms with van der Waals surface area (Å²) in [5, 5.41) is 3.95. The second-order valence-electron chi connectivity index (χ2n) is 7.93. The smallest absolute Gasteiger partial charge is 0.228 e. The van der Waals surface area contributed by atoms with Crippen LogP contribution in [0.4, 0.5) is 5.69 Å². The molecule has 0 bridgehead atoms. The van der Waals surface area contributed by atoms with Gasteiger partial charge in [0.2, 0.25) is 5.91 Å². The zero-order valence-corrected chi connectivity index (χ0v) is 19.2. The lowest BCUT2D eigenvalue weighted by Crippen LogP contribution is -2.36. The Kier molecular flexibility index (Phi) is 6.06. The van der Waals surface area contributed by atoms with Crippen molar-refractivity contribution in [2.75, 3.05) is 24.3 Å². The predicted octanol–water partition coefficient (Wildman–Crippen LogP) is 4.11. The number of rotatable bonds is 6. The number of hydrogen-bond donors (Lipinski definition) is 0. The number of carbonyl (C=O) groups excluding carboxylic acids is 1. The number of methoxy groups -OCH3 is 1. The molecule has 8 heteroatoms. The fraction of sp³-hybridized carbons (Fsp3) is 0.333. The van der Waals surface area contributed by atoms with Crippen molar-refractivity contribution in [3.05, 3.63) is 59.3 Å². The third-order valence-electron chi connectivity index (χ3n) is 5.91. The minimum Gasteiger partial charge on any atom is -0.495 e. The van der Waals surface area contributed by atoms with Crippen LogP contribution in [-0.2, 0) is 21.1 Å². The first-order valence-electron chi connectivity index (χ1n) is 10.5. The molecule has 0 atom stereocenters. The van der Waals surface area contributed by atoms with Gasteiger partial charge in [0, 0.05) is 29.8 Å². The number of aromatic nitrogens is 1. The molecule has 0 aliphatic carbocycles. The number of nitrogens with zero attached hydrogens (tertiary/aromatic N) is 2. The van der Waals surface area contributed by atoms with Crippen molar-refractivity contribution in [3.8, 4) is 17.1 Å². The Hall–Kier alpha value is -3.13. The molecule has 0 radical (unpaired) electrons. The Morgan fingerprint density at radius 3 is 2.69 bits per heavy atom. The number of amides is 1. The quantitative estimate of drug-likeness (QED) is 0.557. The third-order valence-corrected chi connectivity index (χ3v) is 7.64. The number of anilines is 1. The van der Waals surface area contributed by atoms with Crippen LogP contribution in [-0.4, -0.2) is 38.9 Å². The summed E-state index contributed by atoms with van der Waals surface area (Å²) in [6.07, 6.45) is 1.68. The first-order valence-corrected chi connectivity index (χ1v) is 12.2. The van der Waals surface area contributed by atoms with Crippen LogP contribution >= 0.6 is 0 Å². The molecule has 0 N–H and O–H groups in total. The molecular formula is C24H26N2O5S. The maximum absolute atomic E-state index is 13.2. The SMILES string of the molecule is COc1ccc(-c2onc(C)c2C)cc1S(=O)(=O)CCC(=O)N1CCCc2ccccc21. The summed E-state index contributed by atoms with van der Waals surface area (Å²) >= 11 is 0. The molecule has 0 spiro atoms. The lowest BCUT2D eigenvalue weighted by atomic mass is 10.0. The Morgan fingerprint density at radius 2 is 1.97 bits per heavy atom. The van der Waals surface area contributed by atoms with Gasteiger partial charge in [0.05, 0.1) is 18.6 Å². The normalized spacial score (nSPS) is 13.7. The summed E-state index contributed by atoms with van der Waals surface area (Å²) in [6, 6.07) is 12.6. The van der Waals surface area contributed by atoms with Crippen molar-refractivity contribution in [2.45, 2.75) is 38.0 Å². The van der Waals surface area contributed by atoms with Crippen LogP contribution in [0.15, 0.2) is 51.9 Å².